The van der Waals surface area contributed by atoms with E-state index in [9.17, 15) is 27.5 Å². The van der Waals surface area contributed by atoms with Crippen molar-refractivity contribution in [1.82, 2.24) is 4.90 Å². The molecule has 2 aromatic carbocycles. The van der Waals surface area contributed by atoms with Gasteiger partial charge in [0, 0.05) is 30.3 Å². The number of carbonyl (C=O) groups is 1. The number of hydrogen-bond donors (Lipinski definition) is 1. The first-order valence-electron chi connectivity index (χ1n) is 11.5. The Hall–Kier alpha value is -2.45. The van der Waals surface area contributed by atoms with Gasteiger partial charge in [0.1, 0.15) is 5.82 Å². The maximum absolute atomic E-state index is 14.5. The first-order chi connectivity index (χ1) is 16.0. The van der Waals surface area contributed by atoms with Crippen molar-refractivity contribution < 1.29 is 32.2 Å². The molecule has 2 fully saturated rings. The Kier molecular flexibility index (Phi) is 6.50. The largest absolute Gasteiger partial charge is 0.421 e. The fourth-order valence-corrected chi connectivity index (χ4v) is 4.99. The summed E-state index contributed by atoms with van der Waals surface area (Å²) >= 11 is 0. The third-order valence-corrected chi connectivity index (χ3v) is 7.33. The molecule has 2 aliphatic carbocycles. The number of ether oxygens (including phenoxy) is 1. The molecule has 0 bridgehead atoms. The zero-order chi connectivity index (χ0) is 24.7. The molecule has 1 atom stereocenters. The van der Waals surface area contributed by atoms with Crippen LogP contribution in [0.4, 0.5) is 17.6 Å². The summed E-state index contributed by atoms with van der Waals surface area (Å²) in [5.74, 6) is -0.547. The summed E-state index contributed by atoms with van der Waals surface area (Å²) < 4.78 is 59.7. The molecule has 0 unspecified atom stereocenters. The van der Waals surface area contributed by atoms with Crippen molar-refractivity contribution in [3.63, 3.8) is 0 Å². The quantitative estimate of drug-likeness (QED) is 0.542. The minimum Gasteiger partial charge on any atom is -0.376 e. The number of nitrogens with zero attached hydrogens (tertiary/aromatic N) is 1. The SMILES string of the molecule is CO[C@]1(c2ccccc2F)CC[C@H](N(C(=O)c2ccc([C@](C)(O)C(F)(F)F)cc2)C2CC2)CC1. The number of rotatable bonds is 6. The molecular weight excluding hydrogens is 450 g/mol. The Labute approximate surface area is 196 Å². The van der Waals surface area contributed by atoms with Gasteiger partial charge in [-0.05, 0) is 69.2 Å². The summed E-state index contributed by atoms with van der Waals surface area (Å²) in [5.41, 5.74) is -3.25. The van der Waals surface area contributed by atoms with E-state index in [1.165, 1.54) is 18.2 Å². The molecular formula is C26H29F4NO3. The second-order valence-electron chi connectivity index (χ2n) is 9.50. The number of hydrogen-bond acceptors (Lipinski definition) is 3. The van der Waals surface area contributed by atoms with Gasteiger partial charge < -0.3 is 14.7 Å². The van der Waals surface area contributed by atoms with E-state index in [1.54, 1.807) is 25.3 Å². The fourth-order valence-electron chi connectivity index (χ4n) is 4.99. The standard InChI is InChI=1S/C26H29F4NO3/c1-24(33,26(28,29)30)18-9-7-17(8-10-18)23(32)31(19-11-12-19)20-13-15-25(34-2,16-14-20)21-5-3-4-6-22(21)27/h3-10,19-20,33H,11-16H2,1-2H3/t20-,24-,25+/m0/s1. The Morgan fingerprint density at radius 1 is 1.00 bits per heavy atom. The normalized spacial score (nSPS) is 25.0. The van der Waals surface area contributed by atoms with Crippen LogP contribution < -0.4 is 0 Å². The van der Waals surface area contributed by atoms with Crippen molar-refractivity contribution in [2.24, 2.45) is 0 Å². The van der Waals surface area contributed by atoms with Gasteiger partial charge >= 0.3 is 6.18 Å². The predicted molar refractivity (Wildman–Crippen MR) is 119 cm³/mol. The summed E-state index contributed by atoms with van der Waals surface area (Å²) in [6, 6.07) is 11.6. The second-order valence-corrected chi connectivity index (χ2v) is 9.50. The van der Waals surface area contributed by atoms with Crippen molar-refractivity contribution in [2.75, 3.05) is 7.11 Å². The van der Waals surface area contributed by atoms with Crippen LogP contribution in [-0.2, 0) is 15.9 Å². The van der Waals surface area contributed by atoms with Gasteiger partial charge in [-0.1, -0.05) is 30.3 Å². The average Bonchev–Trinajstić information content (AvgIpc) is 3.64. The van der Waals surface area contributed by atoms with Crippen LogP contribution >= 0.6 is 0 Å². The molecule has 0 saturated heterocycles. The maximum Gasteiger partial charge on any atom is 0.421 e. The zero-order valence-electron chi connectivity index (χ0n) is 19.2. The highest BCUT2D eigenvalue weighted by Gasteiger charge is 2.51. The van der Waals surface area contributed by atoms with Crippen molar-refractivity contribution in [2.45, 2.75) is 74.9 Å². The van der Waals surface area contributed by atoms with Gasteiger partial charge in [0.15, 0.2) is 5.60 Å². The Bertz CT molecular complexity index is 1020. The lowest BCUT2D eigenvalue weighted by atomic mass is 9.76. The van der Waals surface area contributed by atoms with Gasteiger partial charge in [-0.3, -0.25) is 4.79 Å². The van der Waals surface area contributed by atoms with Crippen LogP contribution in [0.2, 0.25) is 0 Å². The molecule has 1 N–H and O–H groups in total. The molecule has 0 spiro atoms. The number of benzene rings is 2. The van der Waals surface area contributed by atoms with E-state index in [1.807, 2.05) is 4.90 Å². The van der Waals surface area contributed by atoms with Crippen molar-refractivity contribution in [1.29, 1.82) is 0 Å². The molecule has 184 valence electrons. The molecule has 0 aliphatic heterocycles. The second kappa shape index (κ2) is 8.96. The van der Waals surface area contributed by atoms with Gasteiger partial charge in [-0.25, -0.2) is 4.39 Å². The fraction of sp³-hybridized carbons (Fsp3) is 0.500. The molecule has 2 aromatic rings. The van der Waals surface area contributed by atoms with E-state index >= 15 is 0 Å². The molecule has 4 nitrogen and oxygen atoms in total. The number of alkyl halides is 3. The van der Waals surface area contributed by atoms with Crippen LogP contribution in [-0.4, -0.2) is 41.3 Å². The van der Waals surface area contributed by atoms with Crippen LogP contribution in [0, 0.1) is 5.82 Å². The van der Waals surface area contributed by atoms with Gasteiger partial charge in [-0.15, -0.1) is 0 Å². The smallest absolute Gasteiger partial charge is 0.376 e. The van der Waals surface area contributed by atoms with E-state index in [2.05, 4.69) is 0 Å². The maximum atomic E-state index is 14.5. The summed E-state index contributed by atoms with van der Waals surface area (Å²) in [7, 11) is 1.58. The first kappa shape index (κ1) is 24.7. The number of methoxy groups -OCH3 is 1. The van der Waals surface area contributed by atoms with Gasteiger partial charge in [-0.2, -0.15) is 13.2 Å². The van der Waals surface area contributed by atoms with Crippen LogP contribution in [0.15, 0.2) is 48.5 Å². The zero-order valence-corrected chi connectivity index (χ0v) is 19.2. The van der Waals surface area contributed by atoms with Crippen LogP contribution in [0.1, 0.15) is 66.9 Å². The monoisotopic (exact) mass is 479 g/mol. The molecule has 34 heavy (non-hydrogen) atoms. The minimum atomic E-state index is -4.83. The van der Waals surface area contributed by atoms with E-state index in [0.717, 1.165) is 25.0 Å². The molecule has 2 saturated carbocycles. The molecule has 8 heteroatoms. The first-order valence-corrected chi connectivity index (χ1v) is 11.5. The molecule has 0 heterocycles. The van der Waals surface area contributed by atoms with Crippen molar-refractivity contribution >= 4 is 5.91 Å². The number of halogens is 4. The van der Waals surface area contributed by atoms with Gasteiger partial charge in [0.25, 0.3) is 5.91 Å². The molecule has 1 amide bonds. The van der Waals surface area contributed by atoms with E-state index in [-0.39, 0.29) is 34.9 Å². The average molecular weight is 480 g/mol. The molecule has 0 radical (unpaired) electrons. The van der Waals surface area contributed by atoms with Crippen molar-refractivity contribution in [3.8, 4) is 0 Å². The van der Waals surface area contributed by atoms with E-state index in [4.69, 9.17) is 4.74 Å². The lowest BCUT2D eigenvalue weighted by Crippen LogP contribution is -2.47. The minimum absolute atomic E-state index is 0.0620. The van der Waals surface area contributed by atoms with Crippen LogP contribution in [0.3, 0.4) is 0 Å². The third-order valence-electron chi connectivity index (χ3n) is 7.33. The summed E-state index contributed by atoms with van der Waals surface area (Å²) in [5, 5.41) is 9.89. The van der Waals surface area contributed by atoms with E-state index in [0.29, 0.717) is 38.2 Å². The number of carbonyl (C=O) groups excluding carboxylic acids is 1. The topological polar surface area (TPSA) is 49.8 Å². The van der Waals surface area contributed by atoms with Crippen LogP contribution in [0.5, 0.6) is 0 Å². The van der Waals surface area contributed by atoms with E-state index < -0.39 is 17.4 Å². The Morgan fingerprint density at radius 2 is 1.56 bits per heavy atom. The number of amides is 1. The summed E-state index contributed by atoms with van der Waals surface area (Å²) in [6.07, 6.45) is -0.695. The Balaban J connectivity index is 1.52. The third kappa shape index (κ3) is 4.45. The van der Waals surface area contributed by atoms with Crippen LogP contribution in [0.25, 0.3) is 0 Å². The summed E-state index contributed by atoms with van der Waals surface area (Å²) in [4.78, 5) is 15.2. The highest BCUT2D eigenvalue weighted by atomic mass is 19.4. The highest BCUT2D eigenvalue weighted by Crippen LogP contribution is 2.45. The summed E-state index contributed by atoms with van der Waals surface area (Å²) in [6.45, 7) is 0.694. The Morgan fingerprint density at radius 3 is 2.06 bits per heavy atom. The highest BCUT2D eigenvalue weighted by molar-refractivity contribution is 5.95. The van der Waals surface area contributed by atoms with Gasteiger partial charge in [0.2, 0.25) is 0 Å². The lowest BCUT2D eigenvalue weighted by Gasteiger charge is -2.43. The lowest BCUT2D eigenvalue weighted by molar-refractivity contribution is -0.258. The van der Waals surface area contributed by atoms with Crippen molar-refractivity contribution in [3.05, 3.63) is 71.0 Å². The molecule has 2 aliphatic rings. The van der Waals surface area contributed by atoms with Gasteiger partial charge in [0.05, 0.1) is 5.60 Å². The molecule has 0 aromatic heterocycles. The predicted octanol–water partition coefficient (Wildman–Crippen LogP) is 5.68. The number of aliphatic hydroxyl groups is 1. The molecule has 4 rings (SSSR count).